The second-order valence-corrected chi connectivity index (χ2v) is 14.4. The number of carbonyl (C=O) groups is 4. The molecular weight excluding hydrogens is 733 g/mol. The Hall–Kier alpha value is -5.82. The van der Waals surface area contributed by atoms with E-state index in [0.29, 0.717) is 53.4 Å². The Bertz CT molecular complexity index is 1980. The molecule has 1 atom stereocenters. The van der Waals surface area contributed by atoms with Gasteiger partial charge in [0.15, 0.2) is 0 Å². The minimum atomic E-state index is -3.50. The van der Waals surface area contributed by atoms with Crippen molar-refractivity contribution >= 4 is 31.5 Å². The van der Waals surface area contributed by atoms with Gasteiger partial charge in [-0.15, -0.1) is 0 Å². The van der Waals surface area contributed by atoms with E-state index in [1.807, 2.05) is 36.4 Å². The molecule has 0 saturated heterocycles. The molecule has 55 heavy (non-hydrogen) atoms. The zero-order valence-electron chi connectivity index (χ0n) is 29.9. The first kappa shape index (κ1) is 41.9. The van der Waals surface area contributed by atoms with Crippen LogP contribution in [0.2, 0.25) is 0 Å². The summed E-state index contributed by atoms with van der Waals surface area (Å²) >= 11 is 0. The van der Waals surface area contributed by atoms with Crippen molar-refractivity contribution in [3.8, 4) is 45.7 Å². The summed E-state index contributed by atoms with van der Waals surface area (Å²) < 4.78 is 16.1. The molecule has 0 fully saturated rings. The molecule has 5 N–H and O–H groups in total. The first-order valence-corrected chi connectivity index (χ1v) is 19.0. The Morgan fingerprint density at radius 2 is 1.13 bits per heavy atom. The van der Waals surface area contributed by atoms with Crippen molar-refractivity contribution in [3.63, 3.8) is 0 Å². The van der Waals surface area contributed by atoms with Crippen LogP contribution in [-0.2, 0) is 41.4 Å². The van der Waals surface area contributed by atoms with E-state index < -0.39 is 57.7 Å². The molecule has 0 bridgehead atoms. The topological polar surface area (TPSA) is 241 Å². The number of aromatic nitrogens is 3. The Kier molecular flexibility index (Phi) is 15.3. The highest BCUT2D eigenvalue weighted by molar-refractivity contribution is 7.51. The van der Waals surface area contributed by atoms with Gasteiger partial charge in [-0.3, -0.25) is 33.5 Å². The lowest BCUT2D eigenvalue weighted by atomic mass is 10.0. The van der Waals surface area contributed by atoms with Crippen molar-refractivity contribution in [2.24, 2.45) is 0 Å². The van der Waals surface area contributed by atoms with Crippen LogP contribution in [-0.4, -0.2) is 113 Å². The van der Waals surface area contributed by atoms with Crippen LogP contribution in [0.25, 0.3) is 33.9 Å². The quantitative estimate of drug-likeness (QED) is 0.0481. The van der Waals surface area contributed by atoms with E-state index in [0.717, 1.165) is 23.4 Å². The molecule has 4 aromatic rings. The van der Waals surface area contributed by atoms with Crippen molar-refractivity contribution in [1.29, 1.82) is 0 Å². The predicted molar refractivity (Wildman–Crippen MR) is 200 cm³/mol. The number of aliphatic carboxylic acids is 4. The summed E-state index contributed by atoms with van der Waals surface area (Å²) in [5.41, 5.74) is 4.83. The maximum absolute atomic E-state index is 11.4. The van der Waals surface area contributed by atoms with Gasteiger partial charge in [0, 0.05) is 31.7 Å². The van der Waals surface area contributed by atoms with Crippen LogP contribution in [0.5, 0.6) is 0 Å². The normalized spacial score (nSPS) is 12.1. The Labute approximate surface area is 316 Å². The largest absolute Gasteiger partial charge is 0.480 e. The Balaban J connectivity index is 1.68. The van der Waals surface area contributed by atoms with Crippen molar-refractivity contribution in [2.75, 3.05) is 39.5 Å². The van der Waals surface area contributed by atoms with Gasteiger partial charge in [0.05, 0.1) is 66.9 Å². The summed E-state index contributed by atoms with van der Waals surface area (Å²) in [6, 6.07) is 21.3. The summed E-state index contributed by atoms with van der Waals surface area (Å²) in [6.45, 7) is -0.787. The van der Waals surface area contributed by atoms with Gasteiger partial charge in [-0.2, -0.15) is 0 Å². The van der Waals surface area contributed by atoms with Crippen molar-refractivity contribution in [1.82, 2.24) is 24.8 Å². The number of pyridine rings is 3. The third-order valence-corrected chi connectivity index (χ3v) is 8.31. The smallest absolute Gasteiger partial charge is 0.325 e. The minimum Gasteiger partial charge on any atom is -0.480 e. The predicted octanol–water partition coefficient (Wildman–Crippen LogP) is 4.17. The second-order valence-electron chi connectivity index (χ2n) is 12.5. The van der Waals surface area contributed by atoms with E-state index in [-0.39, 0.29) is 19.7 Å². The van der Waals surface area contributed by atoms with E-state index in [4.69, 9.17) is 9.51 Å². The Morgan fingerprint density at radius 3 is 1.56 bits per heavy atom. The fourth-order valence-electron chi connectivity index (χ4n) is 5.40. The number of unbranched alkanes of at least 4 members (excludes halogenated alkanes) is 2. The monoisotopic (exact) mass is 773 g/mol. The zero-order chi connectivity index (χ0) is 40.0. The third kappa shape index (κ3) is 14.9. The lowest BCUT2D eigenvalue weighted by molar-refractivity contribution is -0.144. The molecule has 0 spiro atoms. The molecule has 1 aromatic carbocycles. The number of carboxylic acid groups (broad SMARTS) is 4. The average Bonchev–Trinajstić information content (AvgIpc) is 3.10. The number of hydrogen-bond acceptors (Lipinski definition) is 11. The minimum absolute atomic E-state index is 0.0501. The molecule has 3 aromatic heterocycles. The molecule has 17 heteroatoms. The van der Waals surface area contributed by atoms with Crippen molar-refractivity contribution in [2.45, 2.75) is 32.4 Å². The van der Waals surface area contributed by atoms with Gasteiger partial charge in [0.1, 0.15) is 0 Å². The number of carboxylic acids is 4. The lowest BCUT2D eigenvalue weighted by Crippen LogP contribution is -2.34. The van der Waals surface area contributed by atoms with E-state index in [1.165, 1.54) is 9.80 Å². The van der Waals surface area contributed by atoms with Crippen LogP contribution in [0, 0.1) is 11.8 Å². The van der Waals surface area contributed by atoms with E-state index in [9.17, 15) is 49.1 Å². The summed E-state index contributed by atoms with van der Waals surface area (Å²) in [4.78, 5) is 71.5. The molecule has 16 nitrogen and oxygen atoms in total. The second kappa shape index (κ2) is 20.0. The highest BCUT2D eigenvalue weighted by Crippen LogP contribution is 2.36. The maximum Gasteiger partial charge on any atom is 0.325 e. The third-order valence-electron chi connectivity index (χ3n) is 7.65. The van der Waals surface area contributed by atoms with Crippen LogP contribution < -0.4 is 0 Å². The summed E-state index contributed by atoms with van der Waals surface area (Å²) in [5.74, 6) is 1.48. The van der Waals surface area contributed by atoms with Gasteiger partial charge in [-0.25, -0.2) is 15.0 Å². The maximum atomic E-state index is 11.4. The molecule has 0 amide bonds. The van der Waals surface area contributed by atoms with Gasteiger partial charge in [-0.1, -0.05) is 36.1 Å². The van der Waals surface area contributed by atoms with E-state index in [1.54, 1.807) is 36.4 Å². The summed E-state index contributed by atoms with van der Waals surface area (Å²) in [5, 5.41) is 37.2. The lowest BCUT2D eigenvalue weighted by Gasteiger charge is -2.18. The highest BCUT2D eigenvalue weighted by atomic mass is 31.2. The fraction of sp³-hybridized carbons (Fsp3) is 0.289. The van der Waals surface area contributed by atoms with E-state index in [2.05, 4.69) is 21.8 Å². The molecule has 0 aliphatic rings. The number of benzene rings is 1. The first-order valence-electron chi connectivity index (χ1n) is 16.9. The van der Waals surface area contributed by atoms with Crippen molar-refractivity contribution < 1.29 is 53.6 Å². The molecule has 288 valence electrons. The van der Waals surface area contributed by atoms with Gasteiger partial charge in [0.2, 0.25) is 0 Å². The SMILES string of the molecule is CP(=O)(O)OCCCCC#Cc1ccc(-c2cc(-c3cccc(CN(CC(=O)O)CC(=O)O)n3)nc(-c3cccc(CN(CC(=O)O)CC(=O)O)n3)c2)cc1. The van der Waals surface area contributed by atoms with Crippen LogP contribution in [0.15, 0.2) is 72.8 Å². The van der Waals surface area contributed by atoms with Crippen LogP contribution in [0.4, 0.5) is 0 Å². The molecular formula is C38H40N5O11P. The van der Waals surface area contributed by atoms with Crippen LogP contribution in [0.3, 0.4) is 0 Å². The first-order chi connectivity index (χ1) is 26.1. The number of hydrogen-bond donors (Lipinski definition) is 5. The number of rotatable bonds is 20. The average molecular weight is 774 g/mol. The van der Waals surface area contributed by atoms with Crippen LogP contribution in [0.1, 0.15) is 36.2 Å². The molecule has 3 heterocycles. The molecule has 0 saturated carbocycles. The number of nitrogens with zero attached hydrogens (tertiary/aromatic N) is 5. The Morgan fingerprint density at radius 1 is 0.655 bits per heavy atom. The molecule has 1 unspecified atom stereocenters. The van der Waals surface area contributed by atoms with Gasteiger partial charge in [-0.05, 0) is 72.5 Å². The van der Waals surface area contributed by atoms with Crippen molar-refractivity contribution in [3.05, 3.63) is 89.7 Å². The molecule has 0 aliphatic carbocycles. The molecule has 4 rings (SSSR count). The molecule has 0 radical (unpaired) electrons. The van der Waals surface area contributed by atoms with E-state index >= 15 is 0 Å². The summed E-state index contributed by atoms with van der Waals surface area (Å²) in [7, 11) is -3.50. The van der Waals surface area contributed by atoms with Crippen LogP contribution >= 0.6 is 7.60 Å². The molecule has 0 aliphatic heterocycles. The van der Waals surface area contributed by atoms with Gasteiger partial charge >= 0.3 is 31.5 Å². The summed E-state index contributed by atoms with van der Waals surface area (Å²) in [6.07, 6.45) is 1.88. The van der Waals surface area contributed by atoms with Gasteiger partial charge < -0.3 is 29.8 Å². The zero-order valence-corrected chi connectivity index (χ0v) is 30.8. The highest BCUT2D eigenvalue weighted by Gasteiger charge is 2.18. The fourth-order valence-corrected chi connectivity index (χ4v) is 5.87. The standard InChI is InChI=1S/C38H40N5O11P/c1-55(52,53)54-17-5-3-2-4-8-26-13-15-27(16-14-26)28-18-33(31-11-6-9-29(39-31)20-42(22-35(44)45)23-36(46)47)41-34(19-28)32-12-7-10-30(40-32)21-43(24-37(48)49)25-38(50)51/h6-7,9-16,18-19H,2-3,5,17,20-25H2,1H3,(H,44,45)(H,46,47)(H,48,49)(H,50,51)(H,52,53). The van der Waals surface area contributed by atoms with Gasteiger partial charge in [0.25, 0.3) is 0 Å².